The van der Waals surface area contributed by atoms with E-state index in [1.807, 2.05) is 31.3 Å². The molecule has 0 aliphatic carbocycles. The number of nitrogens with one attached hydrogen (secondary N) is 3. The first-order valence-corrected chi connectivity index (χ1v) is 6.44. The first-order chi connectivity index (χ1) is 9.69. The molecule has 3 N–H and O–H groups in total. The normalized spacial score (nSPS) is 11.7. The topological polar surface area (TPSA) is 66.0 Å². The molecule has 1 heterocycles. The summed E-state index contributed by atoms with van der Waals surface area (Å²) in [5.41, 5.74) is 2.58. The summed E-state index contributed by atoms with van der Waals surface area (Å²) >= 11 is 0. The van der Waals surface area contributed by atoms with E-state index in [1.54, 1.807) is 24.5 Å². The van der Waals surface area contributed by atoms with E-state index in [4.69, 9.17) is 0 Å². The average molecular weight is 270 g/mol. The van der Waals surface area contributed by atoms with Gasteiger partial charge in [0.1, 0.15) is 0 Å². The zero-order valence-electron chi connectivity index (χ0n) is 11.6. The fraction of sp³-hybridized carbons (Fsp3) is 0.200. The molecule has 0 radical (unpaired) electrons. The number of urea groups is 1. The van der Waals surface area contributed by atoms with Crippen LogP contribution in [-0.4, -0.2) is 18.1 Å². The molecule has 1 aromatic carbocycles. The van der Waals surface area contributed by atoms with E-state index in [0.29, 0.717) is 5.69 Å². The van der Waals surface area contributed by atoms with Gasteiger partial charge in [0.25, 0.3) is 0 Å². The molecule has 0 aliphatic rings. The van der Waals surface area contributed by atoms with Gasteiger partial charge in [-0.05, 0) is 43.8 Å². The molecule has 0 fully saturated rings. The van der Waals surface area contributed by atoms with Crippen molar-refractivity contribution < 1.29 is 4.79 Å². The van der Waals surface area contributed by atoms with E-state index in [1.165, 1.54) is 5.56 Å². The van der Waals surface area contributed by atoms with Crippen LogP contribution in [0, 0.1) is 0 Å². The molecule has 2 amide bonds. The highest BCUT2D eigenvalue weighted by molar-refractivity contribution is 5.99. The maximum absolute atomic E-state index is 11.8. The third-order valence-electron chi connectivity index (χ3n) is 3.02. The van der Waals surface area contributed by atoms with Crippen molar-refractivity contribution in [1.82, 2.24) is 10.3 Å². The van der Waals surface area contributed by atoms with Crippen molar-refractivity contribution >= 4 is 17.4 Å². The number of amides is 2. The molecule has 1 aromatic heterocycles. The van der Waals surface area contributed by atoms with Crippen LogP contribution in [0.25, 0.3) is 0 Å². The largest absolute Gasteiger partial charge is 0.323 e. The number of rotatable bonds is 4. The summed E-state index contributed by atoms with van der Waals surface area (Å²) in [5.74, 6) is 0. The van der Waals surface area contributed by atoms with Crippen LogP contribution in [0.1, 0.15) is 18.5 Å². The second-order valence-corrected chi connectivity index (χ2v) is 4.45. The van der Waals surface area contributed by atoms with Gasteiger partial charge in [0, 0.05) is 17.9 Å². The van der Waals surface area contributed by atoms with Crippen molar-refractivity contribution in [1.29, 1.82) is 0 Å². The van der Waals surface area contributed by atoms with Gasteiger partial charge in [-0.2, -0.15) is 0 Å². The summed E-state index contributed by atoms with van der Waals surface area (Å²) in [5, 5.41) is 8.66. The first kappa shape index (κ1) is 14.0. The molecular weight excluding hydrogens is 252 g/mol. The number of hydrogen-bond donors (Lipinski definition) is 3. The van der Waals surface area contributed by atoms with E-state index < -0.39 is 0 Å². The number of carbonyl (C=O) groups is 1. The summed E-state index contributed by atoms with van der Waals surface area (Å²) in [6.45, 7) is 2.08. The molecule has 1 unspecified atom stereocenters. The molecule has 5 heteroatoms. The van der Waals surface area contributed by atoms with Gasteiger partial charge in [-0.3, -0.25) is 4.98 Å². The van der Waals surface area contributed by atoms with Crippen LogP contribution in [0.4, 0.5) is 16.2 Å². The van der Waals surface area contributed by atoms with Crippen molar-refractivity contribution in [3.8, 4) is 0 Å². The summed E-state index contributed by atoms with van der Waals surface area (Å²) in [7, 11) is 1.91. The summed E-state index contributed by atoms with van der Waals surface area (Å²) in [4.78, 5) is 15.7. The molecule has 0 spiro atoms. The minimum Gasteiger partial charge on any atom is -0.313 e. The Kier molecular flexibility index (Phi) is 4.68. The summed E-state index contributed by atoms with van der Waals surface area (Å²) in [6.07, 6.45) is 3.25. The van der Waals surface area contributed by atoms with Gasteiger partial charge in [-0.15, -0.1) is 0 Å². The van der Waals surface area contributed by atoms with Gasteiger partial charge in [0.2, 0.25) is 0 Å². The van der Waals surface area contributed by atoms with Crippen molar-refractivity contribution in [3.63, 3.8) is 0 Å². The Morgan fingerprint density at radius 2 is 1.80 bits per heavy atom. The molecule has 0 saturated heterocycles. The van der Waals surface area contributed by atoms with Gasteiger partial charge >= 0.3 is 6.03 Å². The predicted molar refractivity (Wildman–Crippen MR) is 80.8 cm³/mol. The van der Waals surface area contributed by atoms with E-state index in [9.17, 15) is 4.79 Å². The van der Waals surface area contributed by atoms with Crippen molar-refractivity contribution in [2.75, 3.05) is 17.7 Å². The van der Waals surface area contributed by atoms with Gasteiger partial charge in [0.05, 0.1) is 11.9 Å². The Labute approximate surface area is 118 Å². The lowest BCUT2D eigenvalue weighted by atomic mass is 10.1. The molecular formula is C15H18N4O. The Morgan fingerprint density at radius 3 is 2.40 bits per heavy atom. The lowest BCUT2D eigenvalue weighted by Crippen LogP contribution is -2.19. The quantitative estimate of drug-likeness (QED) is 0.800. The zero-order valence-corrected chi connectivity index (χ0v) is 11.6. The number of hydrogen-bond acceptors (Lipinski definition) is 3. The predicted octanol–water partition coefficient (Wildman–Crippen LogP) is 3.01. The minimum absolute atomic E-state index is 0.285. The lowest BCUT2D eigenvalue weighted by molar-refractivity contribution is 0.262. The standard InChI is InChI=1S/C15H18N4O/c1-11(16-2)12-5-7-13(8-6-12)18-15(20)19-14-4-3-9-17-10-14/h3-11,16H,1-2H3,(H2,18,19,20). The molecule has 2 aromatic rings. The third-order valence-corrected chi connectivity index (χ3v) is 3.02. The minimum atomic E-state index is -0.285. The average Bonchev–Trinajstić information content (AvgIpc) is 2.48. The van der Waals surface area contributed by atoms with Crippen molar-refractivity contribution in [2.24, 2.45) is 0 Å². The molecule has 0 bridgehead atoms. The van der Waals surface area contributed by atoms with Gasteiger partial charge in [-0.25, -0.2) is 4.79 Å². The molecule has 2 rings (SSSR count). The van der Waals surface area contributed by atoms with Crippen LogP contribution in [0.3, 0.4) is 0 Å². The first-order valence-electron chi connectivity index (χ1n) is 6.44. The number of benzene rings is 1. The fourth-order valence-corrected chi connectivity index (χ4v) is 1.75. The van der Waals surface area contributed by atoms with Crippen molar-refractivity contribution in [2.45, 2.75) is 13.0 Å². The second kappa shape index (κ2) is 6.68. The smallest absolute Gasteiger partial charge is 0.313 e. The Hall–Kier alpha value is -2.40. The van der Waals surface area contributed by atoms with E-state index in [2.05, 4.69) is 27.9 Å². The fourth-order valence-electron chi connectivity index (χ4n) is 1.75. The maximum Gasteiger partial charge on any atom is 0.323 e. The second-order valence-electron chi connectivity index (χ2n) is 4.45. The van der Waals surface area contributed by atoms with Crippen molar-refractivity contribution in [3.05, 3.63) is 54.4 Å². The van der Waals surface area contributed by atoms with E-state index in [-0.39, 0.29) is 12.1 Å². The maximum atomic E-state index is 11.8. The molecule has 104 valence electrons. The van der Waals surface area contributed by atoms with Gasteiger partial charge in [0.15, 0.2) is 0 Å². The van der Waals surface area contributed by atoms with Gasteiger partial charge < -0.3 is 16.0 Å². The highest BCUT2D eigenvalue weighted by atomic mass is 16.2. The highest BCUT2D eigenvalue weighted by Gasteiger charge is 2.04. The van der Waals surface area contributed by atoms with Crippen LogP contribution >= 0.6 is 0 Å². The Morgan fingerprint density at radius 1 is 1.10 bits per heavy atom. The van der Waals surface area contributed by atoms with E-state index in [0.717, 1.165) is 5.69 Å². The number of anilines is 2. The van der Waals surface area contributed by atoms with Crippen LogP contribution in [0.15, 0.2) is 48.8 Å². The Balaban J connectivity index is 1.94. The summed E-state index contributed by atoms with van der Waals surface area (Å²) in [6, 6.07) is 11.3. The third kappa shape index (κ3) is 3.80. The molecule has 0 aliphatic heterocycles. The molecule has 0 saturated carbocycles. The summed E-state index contributed by atoms with van der Waals surface area (Å²) < 4.78 is 0. The molecule has 1 atom stereocenters. The molecule has 20 heavy (non-hydrogen) atoms. The monoisotopic (exact) mass is 270 g/mol. The SMILES string of the molecule is CNC(C)c1ccc(NC(=O)Nc2cccnc2)cc1. The van der Waals surface area contributed by atoms with Crippen LogP contribution in [0.2, 0.25) is 0 Å². The van der Waals surface area contributed by atoms with Crippen LogP contribution < -0.4 is 16.0 Å². The zero-order chi connectivity index (χ0) is 14.4. The lowest BCUT2D eigenvalue weighted by Gasteiger charge is -2.12. The van der Waals surface area contributed by atoms with Crippen LogP contribution in [0.5, 0.6) is 0 Å². The molecule has 5 nitrogen and oxygen atoms in total. The van der Waals surface area contributed by atoms with E-state index >= 15 is 0 Å². The highest BCUT2D eigenvalue weighted by Crippen LogP contribution is 2.15. The van der Waals surface area contributed by atoms with Crippen LogP contribution in [-0.2, 0) is 0 Å². The number of nitrogens with zero attached hydrogens (tertiary/aromatic N) is 1. The number of pyridine rings is 1. The van der Waals surface area contributed by atoms with Gasteiger partial charge in [-0.1, -0.05) is 12.1 Å². The number of carbonyl (C=O) groups excluding carboxylic acids is 1. The number of aromatic nitrogens is 1. The Bertz CT molecular complexity index is 554.